The molecule has 2 heterocycles. The van der Waals surface area contributed by atoms with Crippen LogP contribution in [0.1, 0.15) is 23.6 Å². The molecule has 10 heteroatoms. The summed E-state index contributed by atoms with van der Waals surface area (Å²) in [6, 6.07) is 15.9. The lowest BCUT2D eigenvalue weighted by Gasteiger charge is -2.13. The molecule has 0 unspecified atom stereocenters. The summed E-state index contributed by atoms with van der Waals surface area (Å²) in [7, 11) is 3.22. The van der Waals surface area contributed by atoms with E-state index in [4.69, 9.17) is 9.47 Å². The van der Waals surface area contributed by atoms with Crippen molar-refractivity contribution in [1.82, 2.24) is 15.0 Å². The number of ether oxygens (including phenoxy) is 2. The second-order valence-corrected chi connectivity index (χ2v) is 8.46. The fourth-order valence-corrected chi connectivity index (χ4v) is 3.67. The van der Waals surface area contributed by atoms with E-state index in [1.807, 2.05) is 44.2 Å². The van der Waals surface area contributed by atoms with Crippen LogP contribution in [-0.4, -0.2) is 41.4 Å². The van der Waals surface area contributed by atoms with Gasteiger partial charge in [-0.2, -0.15) is 15.1 Å². The van der Waals surface area contributed by atoms with E-state index in [0.717, 1.165) is 28.8 Å². The van der Waals surface area contributed by atoms with Gasteiger partial charge in [0.2, 0.25) is 5.95 Å². The van der Waals surface area contributed by atoms with Crippen molar-refractivity contribution in [2.24, 2.45) is 5.10 Å². The van der Waals surface area contributed by atoms with Crippen molar-refractivity contribution in [3.63, 3.8) is 0 Å². The van der Waals surface area contributed by atoms with E-state index in [2.05, 4.69) is 36.1 Å². The molecule has 0 amide bonds. The number of aromatic nitrogens is 3. The molecule has 2 aromatic heterocycles. The Bertz CT molecular complexity index is 1410. The van der Waals surface area contributed by atoms with E-state index in [9.17, 15) is 4.39 Å². The molecule has 4 aromatic rings. The van der Waals surface area contributed by atoms with Crippen LogP contribution in [0.5, 0.6) is 11.5 Å². The molecule has 0 saturated carbocycles. The Morgan fingerprint density at radius 3 is 2.45 bits per heavy atom. The Morgan fingerprint density at radius 2 is 1.68 bits per heavy atom. The topological polar surface area (TPSA) is 106 Å². The number of anilines is 4. The van der Waals surface area contributed by atoms with Gasteiger partial charge in [0.25, 0.3) is 0 Å². The number of benzene rings is 2. The first-order valence-electron chi connectivity index (χ1n) is 12.0. The van der Waals surface area contributed by atoms with Crippen LogP contribution in [-0.2, 0) is 6.42 Å². The summed E-state index contributed by atoms with van der Waals surface area (Å²) in [5, 5.41) is 10.9. The van der Waals surface area contributed by atoms with Crippen molar-refractivity contribution >= 4 is 29.0 Å². The average molecular weight is 516 g/mol. The first-order valence-corrected chi connectivity index (χ1v) is 12.0. The molecule has 0 saturated heterocycles. The summed E-state index contributed by atoms with van der Waals surface area (Å²) in [6.45, 7) is 4.37. The van der Waals surface area contributed by atoms with Gasteiger partial charge in [-0.25, -0.2) is 4.39 Å². The van der Waals surface area contributed by atoms with Crippen molar-refractivity contribution in [2.75, 3.05) is 36.8 Å². The maximum atomic E-state index is 13.9. The van der Waals surface area contributed by atoms with Crippen molar-refractivity contribution < 1.29 is 13.9 Å². The number of halogens is 1. The fourth-order valence-electron chi connectivity index (χ4n) is 3.67. The van der Waals surface area contributed by atoms with Crippen LogP contribution in [0, 0.1) is 12.7 Å². The predicted octanol–water partition coefficient (Wildman–Crippen LogP) is 5.57. The Labute approximate surface area is 221 Å². The average Bonchev–Trinajstić information content (AvgIpc) is 2.94. The molecule has 0 aliphatic rings. The largest absolute Gasteiger partial charge is 0.493 e. The predicted molar refractivity (Wildman–Crippen MR) is 148 cm³/mol. The van der Waals surface area contributed by atoms with E-state index in [0.29, 0.717) is 41.3 Å². The standard InChI is InChI=1S/C28H30FN7O2/c1-18-5-7-22(29)16-23(18)32-28-33-26(31-14-9-20-6-8-24(37-3)25(15-20)38-4)17-27(34-28)36-35-19(2)21-10-12-30-13-11-21/h5-8,10-13,15-17H,9,14H2,1-4H3,(H3,31,32,33,34,36). The molecule has 0 fully saturated rings. The van der Waals surface area contributed by atoms with Gasteiger partial charge in [-0.05, 0) is 67.8 Å². The molecule has 0 spiro atoms. The van der Waals surface area contributed by atoms with Crippen LogP contribution in [0.15, 0.2) is 72.1 Å². The summed E-state index contributed by atoms with van der Waals surface area (Å²) in [5.74, 6) is 2.36. The zero-order valence-corrected chi connectivity index (χ0v) is 21.7. The highest BCUT2D eigenvalue weighted by atomic mass is 19.1. The molecule has 2 aromatic carbocycles. The maximum absolute atomic E-state index is 13.9. The molecule has 3 N–H and O–H groups in total. The molecule has 196 valence electrons. The third kappa shape index (κ3) is 6.94. The van der Waals surface area contributed by atoms with Gasteiger partial charge < -0.3 is 20.1 Å². The summed E-state index contributed by atoms with van der Waals surface area (Å²) < 4.78 is 24.6. The molecule has 4 rings (SSSR count). The molecule has 0 aliphatic heterocycles. The Hall–Kier alpha value is -4.73. The Balaban J connectivity index is 1.54. The number of rotatable bonds is 11. The summed E-state index contributed by atoms with van der Waals surface area (Å²) >= 11 is 0. The van der Waals surface area contributed by atoms with E-state index < -0.39 is 0 Å². The molecular formula is C28H30FN7O2. The van der Waals surface area contributed by atoms with E-state index in [1.165, 1.54) is 12.1 Å². The van der Waals surface area contributed by atoms with Crippen LogP contribution < -0.4 is 25.5 Å². The fraction of sp³-hybridized carbons (Fsp3) is 0.214. The van der Waals surface area contributed by atoms with E-state index in [1.54, 1.807) is 38.7 Å². The van der Waals surface area contributed by atoms with Gasteiger partial charge in [-0.1, -0.05) is 12.1 Å². The Morgan fingerprint density at radius 1 is 0.921 bits per heavy atom. The Kier molecular flexibility index (Phi) is 8.65. The van der Waals surface area contributed by atoms with E-state index in [-0.39, 0.29) is 5.82 Å². The smallest absolute Gasteiger partial charge is 0.231 e. The second kappa shape index (κ2) is 12.5. The number of hydrogen-bond donors (Lipinski definition) is 3. The third-order valence-corrected chi connectivity index (χ3v) is 5.78. The van der Waals surface area contributed by atoms with Gasteiger partial charge in [0.1, 0.15) is 11.6 Å². The quantitative estimate of drug-likeness (QED) is 0.176. The first-order chi connectivity index (χ1) is 18.4. The van der Waals surface area contributed by atoms with Crippen molar-refractivity contribution in [1.29, 1.82) is 0 Å². The second-order valence-electron chi connectivity index (χ2n) is 8.46. The van der Waals surface area contributed by atoms with Crippen LogP contribution >= 0.6 is 0 Å². The van der Waals surface area contributed by atoms with E-state index >= 15 is 0 Å². The van der Waals surface area contributed by atoms with Crippen LogP contribution in [0.4, 0.5) is 27.7 Å². The molecule has 0 aliphatic carbocycles. The normalized spacial score (nSPS) is 11.1. The van der Waals surface area contributed by atoms with Crippen LogP contribution in [0.3, 0.4) is 0 Å². The van der Waals surface area contributed by atoms with Gasteiger partial charge in [0.05, 0.1) is 19.9 Å². The summed E-state index contributed by atoms with van der Waals surface area (Å²) in [5.41, 5.74) is 7.23. The lowest BCUT2D eigenvalue weighted by molar-refractivity contribution is 0.354. The lowest BCUT2D eigenvalue weighted by Crippen LogP contribution is -2.10. The minimum absolute atomic E-state index is 0.300. The highest BCUT2D eigenvalue weighted by Gasteiger charge is 2.09. The third-order valence-electron chi connectivity index (χ3n) is 5.78. The SMILES string of the molecule is COc1ccc(CCNc2cc(NN=C(C)c3ccncc3)nc(Nc3cc(F)ccc3C)n2)cc1OC. The molecule has 0 radical (unpaired) electrons. The maximum Gasteiger partial charge on any atom is 0.231 e. The minimum atomic E-state index is -0.349. The lowest BCUT2D eigenvalue weighted by atomic mass is 10.1. The zero-order valence-electron chi connectivity index (χ0n) is 21.7. The zero-order chi connectivity index (χ0) is 26.9. The molecule has 0 atom stereocenters. The number of methoxy groups -OCH3 is 2. The first kappa shape index (κ1) is 26.3. The van der Waals surface area contributed by atoms with Crippen molar-refractivity contribution in [2.45, 2.75) is 20.3 Å². The van der Waals surface area contributed by atoms with Gasteiger partial charge >= 0.3 is 0 Å². The molecule has 0 bridgehead atoms. The number of nitrogens with one attached hydrogen (secondary N) is 3. The summed E-state index contributed by atoms with van der Waals surface area (Å²) in [4.78, 5) is 13.1. The number of hydrogen-bond acceptors (Lipinski definition) is 9. The monoisotopic (exact) mass is 515 g/mol. The molecule has 38 heavy (non-hydrogen) atoms. The van der Waals surface area contributed by atoms with Crippen LogP contribution in [0.25, 0.3) is 0 Å². The van der Waals surface area contributed by atoms with Crippen molar-refractivity contribution in [3.8, 4) is 11.5 Å². The highest BCUT2D eigenvalue weighted by molar-refractivity contribution is 5.98. The van der Waals surface area contributed by atoms with Crippen LogP contribution in [0.2, 0.25) is 0 Å². The number of nitrogens with zero attached hydrogens (tertiary/aromatic N) is 4. The van der Waals surface area contributed by atoms with Gasteiger partial charge in [0, 0.05) is 36.3 Å². The number of hydrazone groups is 1. The molecular weight excluding hydrogens is 485 g/mol. The molecule has 9 nitrogen and oxygen atoms in total. The van der Waals surface area contributed by atoms with Gasteiger partial charge in [0.15, 0.2) is 17.3 Å². The minimum Gasteiger partial charge on any atom is -0.493 e. The van der Waals surface area contributed by atoms with Gasteiger partial charge in [-0.3, -0.25) is 10.4 Å². The highest BCUT2D eigenvalue weighted by Crippen LogP contribution is 2.28. The number of pyridine rings is 1. The van der Waals surface area contributed by atoms with Crippen molar-refractivity contribution in [3.05, 3.63) is 89.5 Å². The number of aryl methyl sites for hydroxylation is 1. The van der Waals surface area contributed by atoms with Gasteiger partial charge in [-0.15, -0.1) is 0 Å². The summed E-state index contributed by atoms with van der Waals surface area (Å²) in [6.07, 6.45) is 4.14.